The molecule has 0 heterocycles. The van der Waals surface area contributed by atoms with Crippen molar-refractivity contribution < 1.29 is 17.6 Å². The quantitative estimate of drug-likeness (QED) is 0.822. The highest BCUT2D eigenvalue weighted by atomic mass is 32.2. The first-order valence-electron chi connectivity index (χ1n) is 8.04. The van der Waals surface area contributed by atoms with Gasteiger partial charge in [-0.15, -0.1) is 0 Å². The SMILES string of the molecule is O=C(CN(Cc1ccc(F)cc1)S(=O)(=O)c1ccccc1)NC1CC1. The standard InChI is InChI=1S/C18H19FN2O3S/c19-15-8-6-14(7-9-15)12-21(13-18(22)20-16-10-11-16)25(23,24)17-4-2-1-3-5-17/h1-9,16H,10-13H2,(H,20,22). The second kappa shape index (κ2) is 7.33. The van der Waals surface area contributed by atoms with Gasteiger partial charge in [0.25, 0.3) is 0 Å². The van der Waals surface area contributed by atoms with E-state index in [4.69, 9.17) is 0 Å². The number of halogens is 1. The Morgan fingerprint density at radius 1 is 1.08 bits per heavy atom. The van der Waals surface area contributed by atoms with Gasteiger partial charge in [-0.3, -0.25) is 4.79 Å². The fourth-order valence-electron chi connectivity index (χ4n) is 2.42. The Balaban J connectivity index is 1.84. The Morgan fingerprint density at radius 3 is 2.32 bits per heavy atom. The average Bonchev–Trinajstić information content (AvgIpc) is 3.41. The molecule has 0 unspecified atom stereocenters. The minimum atomic E-state index is -3.84. The number of hydrogen-bond donors (Lipinski definition) is 1. The highest BCUT2D eigenvalue weighted by Crippen LogP contribution is 2.20. The van der Waals surface area contributed by atoms with Gasteiger partial charge in [0, 0.05) is 12.6 Å². The van der Waals surface area contributed by atoms with Crippen molar-refractivity contribution in [2.24, 2.45) is 0 Å². The molecule has 7 heteroatoms. The van der Waals surface area contributed by atoms with Crippen molar-refractivity contribution in [2.75, 3.05) is 6.54 Å². The molecule has 2 aromatic carbocycles. The number of carbonyl (C=O) groups excluding carboxylic acids is 1. The summed E-state index contributed by atoms with van der Waals surface area (Å²) in [5, 5.41) is 2.80. The lowest BCUT2D eigenvalue weighted by Crippen LogP contribution is -2.41. The van der Waals surface area contributed by atoms with E-state index in [9.17, 15) is 17.6 Å². The number of rotatable bonds is 7. The maximum Gasteiger partial charge on any atom is 0.243 e. The smallest absolute Gasteiger partial charge is 0.243 e. The van der Waals surface area contributed by atoms with Gasteiger partial charge in [-0.1, -0.05) is 30.3 Å². The van der Waals surface area contributed by atoms with Crippen LogP contribution in [0, 0.1) is 5.82 Å². The van der Waals surface area contributed by atoms with E-state index < -0.39 is 15.8 Å². The van der Waals surface area contributed by atoms with Crippen LogP contribution in [0.3, 0.4) is 0 Å². The van der Waals surface area contributed by atoms with Crippen LogP contribution in [0.2, 0.25) is 0 Å². The molecule has 0 bridgehead atoms. The summed E-state index contributed by atoms with van der Waals surface area (Å²) in [7, 11) is -3.84. The number of sulfonamides is 1. The van der Waals surface area contributed by atoms with Gasteiger partial charge in [0.15, 0.2) is 0 Å². The number of hydrogen-bond acceptors (Lipinski definition) is 3. The van der Waals surface area contributed by atoms with Gasteiger partial charge in [-0.05, 0) is 42.7 Å². The van der Waals surface area contributed by atoms with E-state index in [0.29, 0.717) is 5.56 Å². The summed E-state index contributed by atoms with van der Waals surface area (Å²) >= 11 is 0. The minimum absolute atomic E-state index is 0.00437. The molecule has 132 valence electrons. The van der Waals surface area contributed by atoms with Crippen LogP contribution in [0.1, 0.15) is 18.4 Å². The van der Waals surface area contributed by atoms with E-state index in [1.54, 1.807) is 18.2 Å². The first-order chi connectivity index (χ1) is 11.9. The molecule has 3 rings (SSSR count). The third-order valence-electron chi connectivity index (χ3n) is 3.92. The first-order valence-corrected chi connectivity index (χ1v) is 9.48. The molecule has 1 saturated carbocycles. The van der Waals surface area contributed by atoms with Crippen molar-refractivity contribution in [3.63, 3.8) is 0 Å². The summed E-state index contributed by atoms with van der Waals surface area (Å²) in [5.74, 6) is -0.725. The number of nitrogens with one attached hydrogen (secondary N) is 1. The van der Waals surface area contributed by atoms with E-state index in [2.05, 4.69) is 5.32 Å². The summed E-state index contributed by atoms with van der Waals surface area (Å²) in [6.45, 7) is -0.277. The molecule has 0 radical (unpaired) electrons. The van der Waals surface area contributed by atoms with Crippen LogP contribution < -0.4 is 5.32 Å². The van der Waals surface area contributed by atoms with E-state index in [0.717, 1.165) is 17.1 Å². The van der Waals surface area contributed by atoms with E-state index >= 15 is 0 Å². The molecular weight excluding hydrogens is 343 g/mol. The Morgan fingerprint density at radius 2 is 1.72 bits per heavy atom. The normalized spacial score (nSPS) is 14.5. The third kappa shape index (κ3) is 4.64. The van der Waals surface area contributed by atoms with Crippen molar-refractivity contribution in [1.29, 1.82) is 0 Å². The molecule has 1 amide bonds. The van der Waals surface area contributed by atoms with E-state index in [-0.39, 0.29) is 29.9 Å². The van der Waals surface area contributed by atoms with Crippen molar-refractivity contribution in [1.82, 2.24) is 9.62 Å². The van der Waals surface area contributed by atoms with Gasteiger partial charge >= 0.3 is 0 Å². The van der Waals surface area contributed by atoms with Crippen molar-refractivity contribution in [2.45, 2.75) is 30.3 Å². The Kier molecular flexibility index (Phi) is 5.15. The molecular formula is C18H19FN2O3S. The number of nitrogens with zero attached hydrogens (tertiary/aromatic N) is 1. The van der Waals surface area contributed by atoms with Crippen LogP contribution >= 0.6 is 0 Å². The molecule has 0 atom stereocenters. The molecule has 25 heavy (non-hydrogen) atoms. The van der Waals surface area contributed by atoms with Crippen LogP contribution in [0.5, 0.6) is 0 Å². The van der Waals surface area contributed by atoms with Gasteiger partial charge in [0.05, 0.1) is 11.4 Å². The maximum absolute atomic E-state index is 13.1. The minimum Gasteiger partial charge on any atom is -0.352 e. The second-order valence-corrected chi connectivity index (χ2v) is 7.99. The second-order valence-electron chi connectivity index (χ2n) is 6.05. The zero-order valence-corrected chi connectivity index (χ0v) is 14.4. The van der Waals surface area contributed by atoms with Crippen molar-refractivity contribution in [3.05, 3.63) is 66.0 Å². The van der Waals surface area contributed by atoms with Crippen molar-refractivity contribution in [3.8, 4) is 0 Å². The highest BCUT2D eigenvalue weighted by molar-refractivity contribution is 7.89. The Bertz CT molecular complexity index is 834. The van der Waals surface area contributed by atoms with Gasteiger partial charge in [-0.25, -0.2) is 12.8 Å². The van der Waals surface area contributed by atoms with Gasteiger partial charge in [0.2, 0.25) is 15.9 Å². The summed E-state index contributed by atoms with van der Waals surface area (Å²) in [6, 6.07) is 13.7. The first kappa shape index (κ1) is 17.6. The summed E-state index contributed by atoms with van der Waals surface area (Å²) in [5.41, 5.74) is 0.611. The van der Waals surface area contributed by atoms with Crippen LogP contribution in [0.4, 0.5) is 4.39 Å². The molecule has 0 aliphatic heterocycles. The Labute approximate surface area is 146 Å². The molecule has 0 spiro atoms. The molecule has 1 aliphatic rings. The molecule has 1 fully saturated rings. The zero-order chi connectivity index (χ0) is 17.9. The van der Waals surface area contributed by atoms with Crippen LogP contribution in [0.15, 0.2) is 59.5 Å². The van der Waals surface area contributed by atoms with Gasteiger partial charge < -0.3 is 5.32 Å². The molecule has 1 aliphatic carbocycles. The summed E-state index contributed by atoms with van der Waals surface area (Å²) < 4.78 is 40.0. The monoisotopic (exact) mass is 362 g/mol. The Hall–Kier alpha value is -2.25. The van der Waals surface area contributed by atoms with Crippen LogP contribution in [-0.2, 0) is 21.4 Å². The van der Waals surface area contributed by atoms with E-state index in [1.165, 1.54) is 36.4 Å². The largest absolute Gasteiger partial charge is 0.352 e. The highest BCUT2D eigenvalue weighted by Gasteiger charge is 2.29. The topological polar surface area (TPSA) is 66.5 Å². The van der Waals surface area contributed by atoms with Gasteiger partial charge in [-0.2, -0.15) is 4.31 Å². The molecule has 0 saturated heterocycles. The average molecular weight is 362 g/mol. The third-order valence-corrected chi connectivity index (χ3v) is 5.72. The lowest BCUT2D eigenvalue weighted by molar-refractivity contribution is -0.121. The van der Waals surface area contributed by atoms with Crippen LogP contribution in [-0.4, -0.2) is 31.2 Å². The predicted molar refractivity (Wildman–Crippen MR) is 91.6 cm³/mol. The summed E-state index contributed by atoms with van der Waals surface area (Å²) in [6.07, 6.45) is 1.85. The predicted octanol–water partition coefficient (Wildman–Crippen LogP) is 2.30. The lowest BCUT2D eigenvalue weighted by atomic mass is 10.2. The molecule has 2 aromatic rings. The number of carbonyl (C=O) groups is 1. The van der Waals surface area contributed by atoms with Crippen LogP contribution in [0.25, 0.3) is 0 Å². The fraction of sp³-hybridized carbons (Fsp3) is 0.278. The molecule has 0 aromatic heterocycles. The number of benzene rings is 2. The van der Waals surface area contributed by atoms with Gasteiger partial charge in [0.1, 0.15) is 5.82 Å². The molecule has 1 N–H and O–H groups in total. The maximum atomic E-state index is 13.1. The number of amides is 1. The zero-order valence-electron chi connectivity index (χ0n) is 13.6. The fourth-order valence-corrected chi connectivity index (χ4v) is 3.83. The summed E-state index contributed by atoms with van der Waals surface area (Å²) in [4.78, 5) is 12.3. The van der Waals surface area contributed by atoms with E-state index in [1.807, 2.05) is 0 Å². The van der Waals surface area contributed by atoms with Crippen molar-refractivity contribution >= 4 is 15.9 Å². The lowest BCUT2D eigenvalue weighted by Gasteiger charge is -2.22. The molecule has 5 nitrogen and oxygen atoms in total.